The second kappa shape index (κ2) is 11.5. The Kier molecular flexibility index (Phi) is 8.13. The highest BCUT2D eigenvalue weighted by Gasteiger charge is 2.23. The van der Waals surface area contributed by atoms with E-state index in [2.05, 4.69) is 36.8 Å². The molecule has 0 spiro atoms. The molecular weight excluding hydrogens is 466 g/mol. The molecule has 186 valence electrons. The van der Waals surface area contributed by atoms with E-state index in [-0.39, 0.29) is 5.97 Å². The Hall–Kier alpha value is -3.55. The van der Waals surface area contributed by atoms with E-state index >= 15 is 0 Å². The summed E-state index contributed by atoms with van der Waals surface area (Å²) in [5.74, 6) is -0.342. The fourth-order valence-corrected chi connectivity index (χ4v) is 4.73. The lowest BCUT2D eigenvalue weighted by molar-refractivity contribution is 0.0526. The molecule has 0 saturated heterocycles. The standard InChI is InChI=1S/C29H33N3O3Si/c1-5-35-29(33)24-14-9-13-23(19-24)28-26(22-11-7-6-8-12-22)27(25-15-10-16-30-20-25)31-32(28)21-34-17-18-36(2,3)4/h6-16,19-20H,5,17-18,21H2,1-4H3. The van der Waals surface area contributed by atoms with E-state index in [1.165, 1.54) is 0 Å². The normalized spacial score (nSPS) is 11.4. The number of nitrogens with zero attached hydrogens (tertiary/aromatic N) is 3. The van der Waals surface area contributed by atoms with E-state index in [0.717, 1.165) is 39.7 Å². The smallest absolute Gasteiger partial charge is 0.338 e. The van der Waals surface area contributed by atoms with Gasteiger partial charge >= 0.3 is 5.97 Å². The van der Waals surface area contributed by atoms with E-state index in [1.807, 2.05) is 66.3 Å². The molecule has 0 bridgehead atoms. The number of hydrogen-bond acceptors (Lipinski definition) is 5. The van der Waals surface area contributed by atoms with Gasteiger partial charge < -0.3 is 9.47 Å². The summed E-state index contributed by atoms with van der Waals surface area (Å²) in [6, 6.07) is 22.7. The molecule has 0 aliphatic heterocycles. The van der Waals surface area contributed by atoms with Gasteiger partial charge in [-0.15, -0.1) is 0 Å². The monoisotopic (exact) mass is 499 g/mol. The maximum absolute atomic E-state index is 12.5. The molecule has 6 nitrogen and oxygen atoms in total. The zero-order valence-electron chi connectivity index (χ0n) is 21.4. The fraction of sp³-hybridized carbons (Fsp3) is 0.276. The fourth-order valence-electron chi connectivity index (χ4n) is 3.97. The molecule has 0 N–H and O–H groups in total. The quantitative estimate of drug-likeness (QED) is 0.137. The van der Waals surface area contributed by atoms with E-state index in [9.17, 15) is 4.79 Å². The molecular formula is C29H33N3O3Si. The van der Waals surface area contributed by atoms with Gasteiger partial charge in [-0.25, -0.2) is 9.48 Å². The third-order valence-electron chi connectivity index (χ3n) is 5.81. The lowest BCUT2D eigenvalue weighted by atomic mass is 9.95. The number of ether oxygens (including phenoxy) is 2. The zero-order chi connectivity index (χ0) is 25.5. The maximum atomic E-state index is 12.5. The first-order chi connectivity index (χ1) is 17.4. The number of aromatic nitrogens is 3. The highest BCUT2D eigenvalue weighted by Crippen LogP contribution is 2.40. The third kappa shape index (κ3) is 6.16. The lowest BCUT2D eigenvalue weighted by Gasteiger charge is -2.16. The summed E-state index contributed by atoms with van der Waals surface area (Å²) < 4.78 is 13.3. The Morgan fingerprint density at radius 1 is 0.944 bits per heavy atom. The van der Waals surface area contributed by atoms with Crippen LogP contribution in [-0.2, 0) is 16.2 Å². The lowest BCUT2D eigenvalue weighted by Crippen LogP contribution is -2.22. The highest BCUT2D eigenvalue weighted by atomic mass is 28.3. The van der Waals surface area contributed by atoms with Crippen LogP contribution in [0.25, 0.3) is 33.6 Å². The van der Waals surface area contributed by atoms with Gasteiger partial charge in [0.2, 0.25) is 0 Å². The molecule has 0 saturated carbocycles. The number of carbonyl (C=O) groups is 1. The van der Waals surface area contributed by atoms with Gasteiger partial charge in [0.25, 0.3) is 0 Å². The molecule has 36 heavy (non-hydrogen) atoms. The van der Waals surface area contributed by atoms with Crippen molar-refractivity contribution in [3.8, 4) is 33.6 Å². The molecule has 4 rings (SSSR count). The minimum atomic E-state index is -1.23. The average Bonchev–Trinajstić information content (AvgIpc) is 3.27. The van der Waals surface area contributed by atoms with Crippen LogP contribution < -0.4 is 0 Å². The third-order valence-corrected chi connectivity index (χ3v) is 7.51. The molecule has 0 aliphatic rings. The number of esters is 1. The van der Waals surface area contributed by atoms with Crippen LogP contribution in [0, 0.1) is 0 Å². The number of hydrogen-bond donors (Lipinski definition) is 0. The second-order valence-electron chi connectivity index (χ2n) is 9.83. The minimum absolute atomic E-state index is 0.309. The van der Waals surface area contributed by atoms with E-state index in [4.69, 9.17) is 14.6 Å². The molecule has 0 fully saturated rings. The first kappa shape index (κ1) is 25.5. The number of carbonyl (C=O) groups excluding carboxylic acids is 1. The van der Waals surface area contributed by atoms with Crippen molar-refractivity contribution >= 4 is 14.0 Å². The second-order valence-corrected chi connectivity index (χ2v) is 15.5. The van der Waals surface area contributed by atoms with Gasteiger partial charge in [-0.05, 0) is 42.8 Å². The Bertz CT molecular complexity index is 1300. The topological polar surface area (TPSA) is 66.2 Å². The van der Waals surface area contributed by atoms with Gasteiger partial charge in [-0.2, -0.15) is 5.10 Å². The van der Waals surface area contributed by atoms with Crippen LogP contribution in [0.15, 0.2) is 79.1 Å². The van der Waals surface area contributed by atoms with Crippen molar-refractivity contribution in [2.45, 2.75) is 39.3 Å². The SMILES string of the molecule is CCOC(=O)c1cccc(-c2c(-c3ccccc3)c(-c3cccnc3)nn2COCC[Si](C)(C)C)c1. The first-order valence-electron chi connectivity index (χ1n) is 12.3. The molecule has 4 aromatic rings. The van der Waals surface area contributed by atoms with Crippen LogP contribution >= 0.6 is 0 Å². The van der Waals surface area contributed by atoms with E-state index in [1.54, 1.807) is 12.3 Å². The Morgan fingerprint density at radius 2 is 1.69 bits per heavy atom. The average molecular weight is 500 g/mol. The molecule has 0 aliphatic carbocycles. The summed E-state index contributed by atoms with van der Waals surface area (Å²) in [5.41, 5.74) is 6.00. The molecule has 0 amide bonds. The van der Waals surface area contributed by atoms with Gasteiger partial charge in [-0.1, -0.05) is 62.1 Å². The van der Waals surface area contributed by atoms with Gasteiger partial charge in [0.15, 0.2) is 0 Å². The Balaban J connectivity index is 1.87. The van der Waals surface area contributed by atoms with Crippen molar-refractivity contribution < 1.29 is 14.3 Å². The van der Waals surface area contributed by atoms with Crippen LogP contribution in [0.3, 0.4) is 0 Å². The van der Waals surface area contributed by atoms with Crippen LogP contribution in [-0.4, -0.2) is 42.0 Å². The van der Waals surface area contributed by atoms with Crippen LogP contribution in [0.4, 0.5) is 0 Å². The van der Waals surface area contributed by atoms with Gasteiger partial charge in [0, 0.05) is 43.8 Å². The Morgan fingerprint density at radius 3 is 2.39 bits per heavy atom. The van der Waals surface area contributed by atoms with Crippen LogP contribution in [0.1, 0.15) is 17.3 Å². The molecule has 7 heteroatoms. The summed E-state index contributed by atoms with van der Waals surface area (Å²) in [5, 5.41) is 5.02. The number of benzene rings is 2. The Labute approximate surface area is 213 Å². The molecule has 0 atom stereocenters. The molecule has 2 heterocycles. The summed E-state index contributed by atoms with van der Waals surface area (Å²) >= 11 is 0. The van der Waals surface area contributed by atoms with E-state index in [0.29, 0.717) is 25.5 Å². The van der Waals surface area contributed by atoms with Crippen molar-refractivity contribution in [1.82, 2.24) is 14.8 Å². The summed E-state index contributed by atoms with van der Waals surface area (Å²) in [4.78, 5) is 16.9. The van der Waals surface area contributed by atoms with Crippen molar-refractivity contribution in [2.75, 3.05) is 13.2 Å². The summed E-state index contributed by atoms with van der Waals surface area (Å²) in [6.45, 7) is 10.1. The molecule has 0 unspecified atom stereocenters. The molecule has 2 aromatic carbocycles. The molecule has 0 radical (unpaired) electrons. The molecule has 2 aromatic heterocycles. The minimum Gasteiger partial charge on any atom is -0.462 e. The van der Waals surface area contributed by atoms with Crippen molar-refractivity contribution in [1.29, 1.82) is 0 Å². The summed E-state index contributed by atoms with van der Waals surface area (Å²) in [7, 11) is -1.23. The van der Waals surface area contributed by atoms with Crippen LogP contribution in [0.2, 0.25) is 25.7 Å². The zero-order valence-corrected chi connectivity index (χ0v) is 22.4. The number of pyridine rings is 1. The van der Waals surface area contributed by atoms with Gasteiger partial charge in [0.05, 0.1) is 17.9 Å². The van der Waals surface area contributed by atoms with Crippen LogP contribution in [0.5, 0.6) is 0 Å². The van der Waals surface area contributed by atoms with Gasteiger partial charge in [-0.3, -0.25) is 4.98 Å². The maximum Gasteiger partial charge on any atom is 0.338 e. The largest absolute Gasteiger partial charge is 0.462 e. The number of rotatable bonds is 10. The predicted molar refractivity (Wildman–Crippen MR) is 146 cm³/mol. The van der Waals surface area contributed by atoms with Crippen molar-refractivity contribution in [2.24, 2.45) is 0 Å². The van der Waals surface area contributed by atoms with Crippen molar-refractivity contribution in [3.63, 3.8) is 0 Å². The predicted octanol–water partition coefficient (Wildman–Crippen LogP) is 6.77. The highest BCUT2D eigenvalue weighted by molar-refractivity contribution is 6.76. The summed E-state index contributed by atoms with van der Waals surface area (Å²) in [6.07, 6.45) is 3.58. The van der Waals surface area contributed by atoms with Gasteiger partial charge in [0.1, 0.15) is 12.4 Å². The van der Waals surface area contributed by atoms with Crippen molar-refractivity contribution in [3.05, 3.63) is 84.7 Å². The van der Waals surface area contributed by atoms with E-state index < -0.39 is 8.07 Å². The first-order valence-corrected chi connectivity index (χ1v) is 16.0.